The first-order valence-corrected chi connectivity index (χ1v) is 17.2. The number of aliphatic hydroxyl groups is 2. The highest BCUT2D eigenvalue weighted by atomic mass is 16.5. The van der Waals surface area contributed by atoms with Gasteiger partial charge in [0.25, 0.3) is 0 Å². The lowest BCUT2D eigenvalue weighted by Crippen LogP contribution is -2.12. The molecule has 5 rings (SSSR count). The van der Waals surface area contributed by atoms with E-state index in [1.807, 2.05) is 84.9 Å². The fourth-order valence-electron chi connectivity index (χ4n) is 5.99. The van der Waals surface area contributed by atoms with Crippen LogP contribution < -0.4 is 19.9 Å². The van der Waals surface area contributed by atoms with E-state index in [2.05, 4.69) is 4.57 Å². The van der Waals surface area contributed by atoms with Gasteiger partial charge in [0.2, 0.25) is 0 Å². The van der Waals surface area contributed by atoms with E-state index < -0.39 is 0 Å². The summed E-state index contributed by atoms with van der Waals surface area (Å²) in [6, 6.07) is 26.8. The van der Waals surface area contributed by atoms with Crippen LogP contribution in [-0.2, 0) is 29.2 Å². The number of ether oxygens (including phenoxy) is 5. The molecule has 0 fully saturated rings. The lowest BCUT2D eigenvalue weighted by molar-refractivity contribution is 0.0489. The summed E-state index contributed by atoms with van der Waals surface area (Å²) >= 11 is 0. The minimum Gasteiger partial charge on any atom is -0.497 e. The van der Waals surface area contributed by atoms with Gasteiger partial charge in [-0.05, 0) is 53.9 Å². The van der Waals surface area contributed by atoms with E-state index in [-0.39, 0.29) is 19.0 Å². The molecule has 0 aliphatic rings. The van der Waals surface area contributed by atoms with Crippen LogP contribution in [0, 0.1) is 0 Å². The SMILES string of the molecule is COc1ccc(-c2c(-c3ccc(CO)cc3)nc(-c3cc(CO)c(OC)c(OC)c3)n2Cc2ccc(C(=O)CCCOCCOCCN)cc2)cc1. The summed E-state index contributed by atoms with van der Waals surface area (Å²) in [7, 11) is 4.73. The Morgan fingerprint density at radius 2 is 1.40 bits per heavy atom. The van der Waals surface area contributed by atoms with Gasteiger partial charge in [0.05, 0.1) is 65.8 Å². The molecule has 5 aromatic rings. The van der Waals surface area contributed by atoms with Crippen molar-refractivity contribution < 1.29 is 38.7 Å². The minimum atomic E-state index is -0.264. The number of rotatable bonds is 20. The molecule has 1 aromatic heterocycles. The highest BCUT2D eigenvalue weighted by Gasteiger charge is 2.24. The van der Waals surface area contributed by atoms with Crippen LogP contribution in [0.25, 0.3) is 33.9 Å². The molecule has 0 spiro atoms. The monoisotopic (exact) mass is 709 g/mol. The van der Waals surface area contributed by atoms with Gasteiger partial charge in [0.15, 0.2) is 17.3 Å². The average Bonchev–Trinajstić information content (AvgIpc) is 3.57. The second-order valence-corrected chi connectivity index (χ2v) is 12.1. The van der Waals surface area contributed by atoms with Crippen LogP contribution >= 0.6 is 0 Å². The Hall–Kier alpha value is -5.04. The molecular formula is C41H47N3O8. The first-order valence-electron chi connectivity index (χ1n) is 17.2. The van der Waals surface area contributed by atoms with Crippen molar-refractivity contribution in [1.82, 2.24) is 9.55 Å². The molecule has 4 N–H and O–H groups in total. The standard InChI is InChI=1S/C41H47N3O8/c1-48-35-16-14-32(15-17-35)39-38(31-12-8-29(26-45)9-13-31)43-41(33-23-34(27-46)40(50-3)37(24-33)49-2)44(39)25-28-6-10-30(11-7-28)36(47)5-4-19-51-21-22-52-20-18-42/h6-17,23-24,45-46H,4-5,18-22,25-27,42H2,1-3H3. The Balaban J connectivity index is 1.54. The van der Waals surface area contributed by atoms with Crippen molar-refractivity contribution in [2.45, 2.75) is 32.6 Å². The summed E-state index contributed by atoms with van der Waals surface area (Å²) < 4.78 is 29.8. The van der Waals surface area contributed by atoms with Gasteiger partial charge < -0.3 is 44.2 Å². The molecule has 11 nitrogen and oxygen atoms in total. The van der Waals surface area contributed by atoms with Gasteiger partial charge in [-0.3, -0.25) is 4.79 Å². The highest BCUT2D eigenvalue weighted by Crippen LogP contribution is 2.41. The largest absolute Gasteiger partial charge is 0.497 e. The summed E-state index contributed by atoms with van der Waals surface area (Å²) in [5.74, 6) is 2.32. The number of Topliss-reactive ketones (excluding diaryl/α,β-unsaturated/α-hetero) is 1. The molecule has 11 heteroatoms. The molecule has 0 aliphatic carbocycles. The van der Waals surface area contributed by atoms with Crippen LogP contribution in [0.15, 0.2) is 84.9 Å². The molecule has 0 aliphatic heterocycles. The predicted octanol–water partition coefficient (Wildman–Crippen LogP) is 5.90. The number of nitrogens with zero attached hydrogens (tertiary/aromatic N) is 2. The maximum Gasteiger partial charge on any atom is 0.166 e. The molecule has 4 aromatic carbocycles. The van der Waals surface area contributed by atoms with E-state index in [0.29, 0.717) is 80.8 Å². The zero-order valence-electron chi connectivity index (χ0n) is 30.0. The van der Waals surface area contributed by atoms with Crippen LogP contribution in [0.1, 0.15) is 39.9 Å². The van der Waals surface area contributed by atoms with Crippen molar-refractivity contribution in [1.29, 1.82) is 0 Å². The molecule has 0 unspecified atom stereocenters. The summed E-state index contributed by atoms with van der Waals surface area (Å²) in [5, 5.41) is 20.0. The number of aromatic nitrogens is 2. The predicted molar refractivity (Wildman–Crippen MR) is 200 cm³/mol. The number of carbonyl (C=O) groups is 1. The maximum absolute atomic E-state index is 13.0. The van der Waals surface area contributed by atoms with Gasteiger partial charge in [-0.25, -0.2) is 4.98 Å². The van der Waals surface area contributed by atoms with Crippen LogP contribution in [0.3, 0.4) is 0 Å². The van der Waals surface area contributed by atoms with E-state index in [4.69, 9.17) is 34.4 Å². The van der Waals surface area contributed by atoms with Gasteiger partial charge in [-0.15, -0.1) is 0 Å². The zero-order valence-corrected chi connectivity index (χ0v) is 30.0. The van der Waals surface area contributed by atoms with Crippen molar-refractivity contribution in [2.75, 3.05) is 54.3 Å². The summed E-state index contributed by atoms with van der Waals surface area (Å²) in [6.07, 6.45) is 0.992. The number of carbonyl (C=O) groups excluding carboxylic acids is 1. The number of hydrogen-bond acceptors (Lipinski definition) is 10. The van der Waals surface area contributed by atoms with Crippen LogP contribution in [0.2, 0.25) is 0 Å². The number of imidazole rings is 1. The third-order valence-corrected chi connectivity index (χ3v) is 8.67. The van der Waals surface area contributed by atoms with E-state index >= 15 is 0 Å². The molecule has 0 amide bonds. The van der Waals surface area contributed by atoms with Gasteiger partial charge in [-0.2, -0.15) is 0 Å². The summed E-state index contributed by atoms with van der Waals surface area (Å²) in [6.45, 7) is 2.49. The molecule has 1 heterocycles. The van der Waals surface area contributed by atoms with Crippen molar-refractivity contribution in [3.05, 3.63) is 107 Å². The first-order chi connectivity index (χ1) is 25.4. The van der Waals surface area contributed by atoms with Gasteiger partial charge >= 0.3 is 0 Å². The number of benzene rings is 4. The zero-order chi connectivity index (χ0) is 36.9. The maximum atomic E-state index is 13.0. The number of hydrogen-bond donors (Lipinski definition) is 3. The fourth-order valence-corrected chi connectivity index (χ4v) is 5.99. The molecule has 0 radical (unpaired) electrons. The Morgan fingerprint density at radius 1 is 0.731 bits per heavy atom. The van der Waals surface area contributed by atoms with Crippen molar-refractivity contribution in [3.8, 4) is 51.2 Å². The van der Waals surface area contributed by atoms with Crippen LogP contribution in [0.5, 0.6) is 17.2 Å². The number of ketones is 1. The Labute approximate surface area is 304 Å². The third-order valence-electron chi connectivity index (χ3n) is 8.67. The molecule has 0 bridgehead atoms. The second kappa shape index (κ2) is 19.0. The smallest absolute Gasteiger partial charge is 0.166 e. The normalized spacial score (nSPS) is 11.1. The first kappa shape index (κ1) is 38.2. The van der Waals surface area contributed by atoms with E-state index in [1.54, 1.807) is 14.2 Å². The minimum absolute atomic E-state index is 0.0484. The molecule has 52 heavy (non-hydrogen) atoms. The Kier molecular flexibility index (Phi) is 13.9. The van der Waals surface area contributed by atoms with Crippen LogP contribution in [0.4, 0.5) is 0 Å². The molecule has 0 saturated heterocycles. The van der Waals surface area contributed by atoms with Crippen molar-refractivity contribution in [3.63, 3.8) is 0 Å². The van der Waals surface area contributed by atoms with Crippen LogP contribution in [-0.4, -0.2) is 79.8 Å². The van der Waals surface area contributed by atoms with E-state index in [1.165, 1.54) is 7.11 Å². The summed E-state index contributed by atoms with van der Waals surface area (Å²) in [5.41, 5.74) is 12.4. The van der Waals surface area contributed by atoms with E-state index in [9.17, 15) is 15.0 Å². The Morgan fingerprint density at radius 3 is 2.02 bits per heavy atom. The number of nitrogens with two attached hydrogens (primary N) is 1. The van der Waals surface area contributed by atoms with Crippen molar-refractivity contribution >= 4 is 5.78 Å². The lowest BCUT2D eigenvalue weighted by atomic mass is 10.0. The van der Waals surface area contributed by atoms with Gasteiger partial charge in [0, 0.05) is 53.9 Å². The Bertz CT molecular complexity index is 1860. The molecule has 0 saturated carbocycles. The average molecular weight is 710 g/mol. The number of methoxy groups -OCH3 is 3. The number of aliphatic hydroxyl groups excluding tert-OH is 2. The molecule has 274 valence electrons. The van der Waals surface area contributed by atoms with Gasteiger partial charge in [-0.1, -0.05) is 48.5 Å². The second-order valence-electron chi connectivity index (χ2n) is 12.1. The molecule has 0 atom stereocenters. The van der Waals surface area contributed by atoms with Gasteiger partial charge in [0.1, 0.15) is 11.6 Å². The lowest BCUT2D eigenvalue weighted by Gasteiger charge is -2.17. The van der Waals surface area contributed by atoms with E-state index in [0.717, 1.165) is 45.0 Å². The fraction of sp³-hybridized carbons (Fsp3) is 0.317. The van der Waals surface area contributed by atoms with Crippen molar-refractivity contribution in [2.24, 2.45) is 5.73 Å². The molecular weight excluding hydrogens is 662 g/mol. The highest BCUT2D eigenvalue weighted by molar-refractivity contribution is 5.96. The topological polar surface area (TPSA) is 148 Å². The summed E-state index contributed by atoms with van der Waals surface area (Å²) in [4.78, 5) is 18.3. The quantitative estimate of drug-likeness (QED) is 0.0660. The third kappa shape index (κ3) is 9.24.